The summed E-state index contributed by atoms with van der Waals surface area (Å²) in [5.74, 6) is -0.741. The van der Waals surface area contributed by atoms with Crippen molar-refractivity contribution in [2.75, 3.05) is 21.1 Å². The topological polar surface area (TPSA) is 90.0 Å². The van der Waals surface area contributed by atoms with Gasteiger partial charge in [-0.15, -0.1) is 0 Å². The van der Waals surface area contributed by atoms with Crippen molar-refractivity contribution in [1.82, 2.24) is 15.1 Å². The maximum Gasteiger partial charge on any atom is 0.407 e. The molecule has 2 atom stereocenters. The Labute approximate surface area is 193 Å². The minimum absolute atomic E-state index is 0.197. The highest BCUT2D eigenvalue weighted by Crippen LogP contribution is 2.19. The molecule has 3 aromatic carbocycles. The molecule has 7 nitrogen and oxygen atoms in total. The van der Waals surface area contributed by atoms with Crippen LogP contribution in [0.4, 0.5) is 4.79 Å². The Balaban J connectivity index is 1.89. The van der Waals surface area contributed by atoms with Crippen molar-refractivity contribution >= 4 is 28.7 Å². The molecule has 0 aromatic heterocycles. The van der Waals surface area contributed by atoms with E-state index >= 15 is 0 Å². The molecule has 33 heavy (non-hydrogen) atoms. The number of carboxylic acid groups (broad SMARTS) is 1. The number of rotatable bonds is 8. The van der Waals surface area contributed by atoms with Gasteiger partial charge >= 0.3 is 6.09 Å². The third kappa shape index (κ3) is 5.68. The largest absolute Gasteiger partial charge is 0.465 e. The van der Waals surface area contributed by atoms with Gasteiger partial charge in [0.1, 0.15) is 12.1 Å². The minimum Gasteiger partial charge on any atom is -0.465 e. The summed E-state index contributed by atoms with van der Waals surface area (Å²) in [6.45, 7) is 0. The van der Waals surface area contributed by atoms with Gasteiger partial charge in [0.15, 0.2) is 0 Å². The zero-order valence-corrected chi connectivity index (χ0v) is 19.1. The van der Waals surface area contributed by atoms with Crippen LogP contribution in [-0.4, -0.2) is 66.0 Å². The number of amides is 3. The van der Waals surface area contributed by atoms with Crippen LogP contribution in [0.15, 0.2) is 72.8 Å². The third-order valence-electron chi connectivity index (χ3n) is 5.93. The summed E-state index contributed by atoms with van der Waals surface area (Å²) in [5, 5.41) is 14.3. The molecule has 0 unspecified atom stereocenters. The van der Waals surface area contributed by atoms with Gasteiger partial charge in [-0.3, -0.25) is 14.5 Å². The van der Waals surface area contributed by atoms with Crippen LogP contribution in [0, 0.1) is 0 Å². The Morgan fingerprint density at radius 1 is 0.788 bits per heavy atom. The van der Waals surface area contributed by atoms with Crippen molar-refractivity contribution in [1.29, 1.82) is 0 Å². The number of benzene rings is 3. The smallest absolute Gasteiger partial charge is 0.407 e. The Hall–Kier alpha value is -3.87. The van der Waals surface area contributed by atoms with Crippen molar-refractivity contribution in [2.45, 2.75) is 24.9 Å². The standard InChI is InChI=1S/C26H29N3O4/c1-27-24(30)22(16-18-9-5-4-6-10-18)28(2)25(31)23(29(3)26(32)33)17-19-13-14-20-11-7-8-12-21(20)15-19/h4-15,22-23H,16-17H2,1-3H3,(H,27,30)(H,32,33)/t22-,23-/m1/s1. The second kappa shape index (κ2) is 10.6. The summed E-state index contributed by atoms with van der Waals surface area (Å²) in [6, 6.07) is 21.4. The molecule has 0 spiro atoms. The van der Waals surface area contributed by atoms with Crippen LogP contribution in [-0.2, 0) is 22.4 Å². The fourth-order valence-corrected chi connectivity index (χ4v) is 3.91. The van der Waals surface area contributed by atoms with Crippen molar-refractivity contribution in [3.63, 3.8) is 0 Å². The summed E-state index contributed by atoms with van der Waals surface area (Å²) in [5.41, 5.74) is 1.75. The van der Waals surface area contributed by atoms with Crippen molar-refractivity contribution in [3.05, 3.63) is 83.9 Å². The second-order valence-corrected chi connectivity index (χ2v) is 8.06. The Morgan fingerprint density at radius 2 is 1.39 bits per heavy atom. The number of likely N-dealkylation sites (N-methyl/N-ethyl adjacent to an activating group) is 3. The normalized spacial score (nSPS) is 12.6. The monoisotopic (exact) mass is 447 g/mol. The number of hydrogen-bond acceptors (Lipinski definition) is 3. The molecule has 0 heterocycles. The SMILES string of the molecule is CNC(=O)[C@@H](Cc1ccccc1)N(C)C(=O)[C@@H](Cc1ccc2ccccc2c1)N(C)C(=O)O. The fourth-order valence-electron chi connectivity index (χ4n) is 3.91. The van der Waals surface area contributed by atoms with Crippen molar-refractivity contribution in [3.8, 4) is 0 Å². The van der Waals surface area contributed by atoms with Gasteiger partial charge in [-0.2, -0.15) is 0 Å². The molecule has 3 aromatic rings. The van der Waals surface area contributed by atoms with Gasteiger partial charge in [0, 0.05) is 34.0 Å². The van der Waals surface area contributed by atoms with Gasteiger partial charge in [-0.05, 0) is 21.9 Å². The summed E-state index contributed by atoms with van der Waals surface area (Å²) in [7, 11) is 4.45. The van der Waals surface area contributed by atoms with Gasteiger partial charge in [-0.25, -0.2) is 4.79 Å². The zero-order chi connectivity index (χ0) is 24.0. The molecule has 0 aliphatic heterocycles. The predicted octanol–water partition coefficient (Wildman–Crippen LogP) is 3.18. The fraction of sp³-hybridized carbons (Fsp3) is 0.269. The molecule has 0 saturated heterocycles. The molecule has 3 rings (SSSR count). The average Bonchev–Trinajstić information content (AvgIpc) is 2.84. The lowest BCUT2D eigenvalue weighted by Crippen LogP contribution is -2.55. The minimum atomic E-state index is -1.21. The first-order valence-corrected chi connectivity index (χ1v) is 10.8. The van der Waals surface area contributed by atoms with E-state index in [0.717, 1.165) is 26.8 Å². The quantitative estimate of drug-likeness (QED) is 0.555. The van der Waals surface area contributed by atoms with Crippen LogP contribution in [0.5, 0.6) is 0 Å². The lowest BCUT2D eigenvalue weighted by atomic mass is 9.98. The highest BCUT2D eigenvalue weighted by Gasteiger charge is 2.34. The van der Waals surface area contributed by atoms with Gasteiger partial charge < -0.3 is 15.3 Å². The summed E-state index contributed by atoms with van der Waals surface area (Å²) in [4.78, 5) is 40.4. The van der Waals surface area contributed by atoms with Crippen molar-refractivity contribution in [2.24, 2.45) is 0 Å². The van der Waals surface area contributed by atoms with Crippen molar-refractivity contribution < 1.29 is 19.5 Å². The second-order valence-electron chi connectivity index (χ2n) is 8.06. The maximum absolute atomic E-state index is 13.6. The first kappa shape index (κ1) is 23.8. The molecule has 0 saturated carbocycles. The van der Waals surface area contributed by atoms with Gasteiger partial charge in [0.25, 0.3) is 0 Å². The molecular formula is C26H29N3O4. The summed E-state index contributed by atoms with van der Waals surface area (Å²) >= 11 is 0. The van der Waals surface area contributed by atoms with Crippen LogP contribution in [0.1, 0.15) is 11.1 Å². The maximum atomic E-state index is 13.6. The van der Waals surface area contributed by atoms with E-state index in [1.807, 2.05) is 72.8 Å². The van der Waals surface area contributed by atoms with Crippen LogP contribution >= 0.6 is 0 Å². The van der Waals surface area contributed by atoms with Crippen LogP contribution < -0.4 is 5.32 Å². The Morgan fingerprint density at radius 3 is 2.03 bits per heavy atom. The molecule has 0 fully saturated rings. The van der Waals surface area contributed by atoms with E-state index in [1.165, 1.54) is 19.0 Å². The number of nitrogens with zero attached hydrogens (tertiary/aromatic N) is 2. The molecule has 0 bridgehead atoms. The molecule has 172 valence electrons. The predicted molar refractivity (Wildman–Crippen MR) is 128 cm³/mol. The van der Waals surface area contributed by atoms with E-state index < -0.39 is 24.1 Å². The lowest BCUT2D eigenvalue weighted by Gasteiger charge is -2.33. The van der Waals surface area contributed by atoms with E-state index in [9.17, 15) is 19.5 Å². The first-order chi connectivity index (χ1) is 15.8. The van der Waals surface area contributed by atoms with Gasteiger partial charge in [-0.1, -0.05) is 72.8 Å². The summed E-state index contributed by atoms with van der Waals surface area (Å²) in [6.07, 6.45) is -0.688. The average molecular weight is 448 g/mol. The third-order valence-corrected chi connectivity index (χ3v) is 5.93. The van der Waals surface area contributed by atoms with E-state index in [-0.39, 0.29) is 12.3 Å². The van der Waals surface area contributed by atoms with Crippen LogP contribution in [0.25, 0.3) is 10.8 Å². The molecule has 0 aliphatic carbocycles. The molecule has 3 amide bonds. The summed E-state index contributed by atoms with van der Waals surface area (Å²) < 4.78 is 0. The number of fused-ring (bicyclic) bond motifs is 1. The Kier molecular flexibility index (Phi) is 7.66. The van der Waals surface area contributed by atoms with Crippen LogP contribution in [0.3, 0.4) is 0 Å². The number of hydrogen-bond donors (Lipinski definition) is 2. The van der Waals surface area contributed by atoms with E-state index in [0.29, 0.717) is 6.42 Å². The van der Waals surface area contributed by atoms with Gasteiger partial charge in [0.2, 0.25) is 11.8 Å². The molecular weight excluding hydrogens is 418 g/mol. The number of nitrogens with one attached hydrogen (secondary N) is 1. The number of carbonyl (C=O) groups is 3. The molecule has 7 heteroatoms. The Bertz CT molecular complexity index is 1130. The van der Waals surface area contributed by atoms with E-state index in [4.69, 9.17) is 0 Å². The van der Waals surface area contributed by atoms with E-state index in [2.05, 4.69) is 5.32 Å². The zero-order valence-electron chi connectivity index (χ0n) is 19.1. The number of carbonyl (C=O) groups excluding carboxylic acids is 2. The first-order valence-electron chi connectivity index (χ1n) is 10.8. The van der Waals surface area contributed by atoms with E-state index in [1.54, 1.807) is 7.05 Å². The highest BCUT2D eigenvalue weighted by atomic mass is 16.4. The van der Waals surface area contributed by atoms with Crippen LogP contribution in [0.2, 0.25) is 0 Å². The lowest BCUT2D eigenvalue weighted by molar-refractivity contribution is -0.142. The van der Waals surface area contributed by atoms with Gasteiger partial charge in [0.05, 0.1) is 0 Å². The molecule has 2 N–H and O–H groups in total. The molecule has 0 aliphatic rings. The molecule has 0 radical (unpaired) electrons. The highest BCUT2D eigenvalue weighted by molar-refractivity contribution is 5.91.